The van der Waals surface area contributed by atoms with Crippen molar-refractivity contribution < 1.29 is 29.0 Å². The number of amides is 2. The number of hydrogen-bond acceptors (Lipinski definition) is 6. The number of methoxy groups -OCH3 is 2. The fourth-order valence-corrected chi connectivity index (χ4v) is 4.92. The van der Waals surface area contributed by atoms with Crippen molar-refractivity contribution in [3.05, 3.63) is 87.9 Å². The first-order chi connectivity index (χ1) is 18.9. The first kappa shape index (κ1) is 28.7. The van der Waals surface area contributed by atoms with Crippen LogP contribution in [-0.4, -0.2) is 36.9 Å². The van der Waals surface area contributed by atoms with Gasteiger partial charge in [-0.3, -0.25) is 19.3 Å². The molecule has 1 saturated heterocycles. The molecule has 0 aromatic heterocycles. The zero-order valence-electron chi connectivity index (χ0n) is 23.2. The molecule has 1 heterocycles. The number of aliphatic hydroxyl groups is 1. The maximum absolute atomic E-state index is 13.6. The number of anilines is 2. The average Bonchev–Trinajstić information content (AvgIpc) is 3.18. The third kappa shape index (κ3) is 5.40. The maximum atomic E-state index is 13.6. The molecule has 1 aliphatic rings. The molecule has 3 aromatic carbocycles. The Labute approximate surface area is 238 Å². The summed E-state index contributed by atoms with van der Waals surface area (Å²) in [5.41, 5.74) is 2.56. The monoisotopic (exact) mass is 562 g/mol. The molecule has 1 aliphatic heterocycles. The fraction of sp³-hybridized carbons (Fsp3) is 0.258. The third-order valence-corrected chi connectivity index (χ3v) is 7.03. The van der Waals surface area contributed by atoms with Crippen molar-refractivity contribution in [1.82, 2.24) is 0 Å². The Hall–Kier alpha value is -4.30. The lowest BCUT2D eigenvalue weighted by molar-refractivity contribution is -0.132. The predicted molar refractivity (Wildman–Crippen MR) is 155 cm³/mol. The van der Waals surface area contributed by atoms with Crippen LogP contribution in [0.15, 0.2) is 66.2 Å². The Kier molecular flexibility index (Phi) is 7.93. The van der Waals surface area contributed by atoms with Crippen molar-refractivity contribution in [2.75, 3.05) is 24.4 Å². The predicted octanol–water partition coefficient (Wildman–Crippen LogP) is 6.24. The number of benzene rings is 3. The molecule has 2 N–H and O–H groups in total. The molecular formula is C31H31ClN2O6. The number of ether oxygens (including phenoxy) is 2. The molecule has 8 nitrogen and oxygen atoms in total. The Morgan fingerprint density at radius 3 is 2.08 bits per heavy atom. The Morgan fingerprint density at radius 1 is 0.950 bits per heavy atom. The van der Waals surface area contributed by atoms with E-state index in [2.05, 4.69) is 26.1 Å². The number of hydrogen-bond donors (Lipinski definition) is 2. The molecule has 4 rings (SSSR count). The molecule has 0 bridgehead atoms. The highest BCUT2D eigenvalue weighted by Crippen LogP contribution is 2.45. The van der Waals surface area contributed by atoms with Crippen molar-refractivity contribution in [3.8, 4) is 11.5 Å². The highest BCUT2D eigenvalue weighted by molar-refractivity contribution is 6.51. The number of nitrogens with one attached hydrogen (secondary N) is 1. The van der Waals surface area contributed by atoms with E-state index in [9.17, 15) is 19.5 Å². The number of carbonyl (C=O) groups is 3. The number of ketones is 1. The van der Waals surface area contributed by atoms with E-state index in [1.54, 1.807) is 24.3 Å². The van der Waals surface area contributed by atoms with Crippen LogP contribution in [0.4, 0.5) is 11.4 Å². The SMILES string of the molecule is COc1cc(OC)c(/C(O)=C2\C(=O)C(=O)N(c3ccc(NC(C)=O)cc3)C2c2ccc(C(C)(C)C)cc2)cc1Cl. The summed E-state index contributed by atoms with van der Waals surface area (Å²) in [7, 11) is 2.86. The Morgan fingerprint density at radius 2 is 1.55 bits per heavy atom. The molecule has 0 saturated carbocycles. The van der Waals surface area contributed by atoms with Gasteiger partial charge in [0.25, 0.3) is 11.7 Å². The van der Waals surface area contributed by atoms with Crippen molar-refractivity contribution in [2.24, 2.45) is 0 Å². The molecular weight excluding hydrogens is 532 g/mol. The zero-order valence-corrected chi connectivity index (χ0v) is 23.9. The van der Waals surface area contributed by atoms with Gasteiger partial charge in [-0.05, 0) is 46.9 Å². The zero-order chi connectivity index (χ0) is 29.4. The summed E-state index contributed by atoms with van der Waals surface area (Å²) in [6.45, 7) is 7.66. The summed E-state index contributed by atoms with van der Waals surface area (Å²) in [6.07, 6.45) is 0. The van der Waals surface area contributed by atoms with E-state index in [4.69, 9.17) is 21.1 Å². The molecule has 3 aromatic rings. The van der Waals surface area contributed by atoms with Gasteiger partial charge in [0.15, 0.2) is 0 Å². The van der Waals surface area contributed by atoms with Gasteiger partial charge in [0.1, 0.15) is 17.3 Å². The Bertz CT molecular complexity index is 1500. The van der Waals surface area contributed by atoms with Gasteiger partial charge in [-0.15, -0.1) is 0 Å². The van der Waals surface area contributed by atoms with E-state index in [-0.39, 0.29) is 33.2 Å². The van der Waals surface area contributed by atoms with Crippen LogP contribution in [-0.2, 0) is 19.8 Å². The van der Waals surface area contributed by atoms with Gasteiger partial charge in [-0.25, -0.2) is 0 Å². The van der Waals surface area contributed by atoms with Crippen LogP contribution in [0.5, 0.6) is 11.5 Å². The van der Waals surface area contributed by atoms with Crippen LogP contribution in [0.1, 0.15) is 50.4 Å². The van der Waals surface area contributed by atoms with Crippen LogP contribution < -0.4 is 19.7 Å². The van der Waals surface area contributed by atoms with Crippen LogP contribution >= 0.6 is 11.6 Å². The normalized spacial score (nSPS) is 16.7. The van der Waals surface area contributed by atoms with E-state index < -0.39 is 23.5 Å². The second kappa shape index (κ2) is 11.1. The lowest BCUT2D eigenvalue weighted by Gasteiger charge is -2.27. The van der Waals surface area contributed by atoms with Crippen LogP contribution in [0.3, 0.4) is 0 Å². The first-order valence-corrected chi connectivity index (χ1v) is 13.0. The highest BCUT2D eigenvalue weighted by atomic mass is 35.5. The van der Waals surface area contributed by atoms with Crippen LogP contribution in [0.25, 0.3) is 5.76 Å². The molecule has 208 valence electrons. The minimum atomic E-state index is -0.953. The van der Waals surface area contributed by atoms with Gasteiger partial charge >= 0.3 is 0 Å². The van der Waals surface area contributed by atoms with E-state index in [0.717, 1.165) is 5.56 Å². The van der Waals surface area contributed by atoms with Gasteiger partial charge < -0.3 is 19.9 Å². The van der Waals surface area contributed by atoms with Gasteiger partial charge in [0.2, 0.25) is 5.91 Å². The Balaban J connectivity index is 1.94. The molecule has 1 unspecified atom stereocenters. The number of rotatable bonds is 6. The summed E-state index contributed by atoms with van der Waals surface area (Å²) in [4.78, 5) is 39.9. The van der Waals surface area contributed by atoms with Gasteiger partial charge in [0, 0.05) is 24.4 Å². The number of nitrogens with zero attached hydrogens (tertiary/aromatic N) is 1. The number of halogens is 1. The standard InChI is InChI=1S/C31H31ClN2O6/c1-17(35)33-20-11-13-21(14-12-20)34-27(18-7-9-19(10-8-18)31(2,3)4)26(29(37)30(34)38)28(36)22-15-23(32)25(40-6)16-24(22)39-5/h7-16,27,36H,1-6H3,(H,33,35)/b28-26+. The molecule has 1 atom stereocenters. The van der Waals surface area contributed by atoms with Crippen molar-refractivity contribution in [2.45, 2.75) is 39.2 Å². The molecule has 0 radical (unpaired) electrons. The molecule has 2 amide bonds. The maximum Gasteiger partial charge on any atom is 0.300 e. The van der Waals surface area contributed by atoms with E-state index >= 15 is 0 Å². The largest absolute Gasteiger partial charge is 0.507 e. The second-order valence-electron chi connectivity index (χ2n) is 10.5. The number of carbonyl (C=O) groups excluding carboxylic acids is 3. The molecule has 0 aliphatic carbocycles. The second-order valence-corrected chi connectivity index (χ2v) is 10.9. The summed E-state index contributed by atoms with van der Waals surface area (Å²) in [6, 6.07) is 16.1. The molecule has 40 heavy (non-hydrogen) atoms. The lowest BCUT2D eigenvalue weighted by atomic mass is 9.85. The molecule has 1 fully saturated rings. The first-order valence-electron chi connectivity index (χ1n) is 12.6. The summed E-state index contributed by atoms with van der Waals surface area (Å²) in [5, 5.41) is 14.5. The van der Waals surface area contributed by atoms with Gasteiger partial charge in [0.05, 0.1) is 36.4 Å². The van der Waals surface area contributed by atoms with Gasteiger partial charge in [-0.2, -0.15) is 0 Å². The van der Waals surface area contributed by atoms with E-state index in [1.807, 2.05) is 24.3 Å². The van der Waals surface area contributed by atoms with E-state index in [0.29, 0.717) is 22.7 Å². The fourth-order valence-electron chi connectivity index (χ4n) is 4.68. The summed E-state index contributed by atoms with van der Waals surface area (Å²) < 4.78 is 10.7. The topological polar surface area (TPSA) is 105 Å². The minimum Gasteiger partial charge on any atom is -0.507 e. The molecule has 0 spiro atoms. The molecule has 9 heteroatoms. The smallest absolute Gasteiger partial charge is 0.300 e. The third-order valence-electron chi connectivity index (χ3n) is 6.73. The lowest BCUT2D eigenvalue weighted by Crippen LogP contribution is -2.29. The van der Waals surface area contributed by atoms with Crippen molar-refractivity contribution in [3.63, 3.8) is 0 Å². The van der Waals surface area contributed by atoms with Crippen molar-refractivity contribution in [1.29, 1.82) is 0 Å². The highest BCUT2D eigenvalue weighted by Gasteiger charge is 2.47. The van der Waals surface area contributed by atoms with Gasteiger partial charge in [-0.1, -0.05) is 56.6 Å². The summed E-state index contributed by atoms with van der Waals surface area (Å²) >= 11 is 6.36. The van der Waals surface area contributed by atoms with E-state index in [1.165, 1.54) is 38.2 Å². The summed E-state index contributed by atoms with van der Waals surface area (Å²) in [5.74, 6) is -1.79. The number of Topliss-reactive ketones (excluding diaryl/α,β-unsaturated/α-hetero) is 1. The quantitative estimate of drug-likeness (QED) is 0.209. The minimum absolute atomic E-state index is 0.112. The van der Waals surface area contributed by atoms with Crippen LogP contribution in [0.2, 0.25) is 5.02 Å². The number of aliphatic hydroxyl groups excluding tert-OH is 1. The average molecular weight is 563 g/mol. The van der Waals surface area contributed by atoms with Crippen molar-refractivity contribution >= 4 is 46.3 Å². The van der Waals surface area contributed by atoms with Crippen LogP contribution in [0, 0.1) is 0 Å².